The van der Waals surface area contributed by atoms with Crippen molar-refractivity contribution in [2.24, 2.45) is 0 Å². The summed E-state index contributed by atoms with van der Waals surface area (Å²) in [5.74, 6) is 0.0635. The fourth-order valence-corrected chi connectivity index (χ4v) is 3.14. The summed E-state index contributed by atoms with van der Waals surface area (Å²) >= 11 is 5.77. The van der Waals surface area contributed by atoms with Crippen LogP contribution in [0.3, 0.4) is 0 Å². The van der Waals surface area contributed by atoms with Gasteiger partial charge < -0.3 is 16.0 Å². The maximum absolute atomic E-state index is 12.4. The number of amides is 3. The first-order chi connectivity index (χ1) is 14.7. The highest BCUT2D eigenvalue weighted by molar-refractivity contribution is 7.89. The molecule has 31 heavy (non-hydrogen) atoms. The first kappa shape index (κ1) is 22.2. The highest BCUT2D eigenvalue weighted by Crippen LogP contribution is 2.14. The molecule has 11 nitrogen and oxygen atoms in total. The number of carbonyl (C=O) groups is 2. The third-order valence-electron chi connectivity index (χ3n) is 3.74. The van der Waals surface area contributed by atoms with Gasteiger partial charge in [0.1, 0.15) is 17.4 Å². The van der Waals surface area contributed by atoms with Gasteiger partial charge in [0.05, 0.1) is 11.6 Å². The molecule has 0 aliphatic heterocycles. The van der Waals surface area contributed by atoms with Crippen molar-refractivity contribution in [2.45, 2.75) is 12.3 Å². The molecule has 0 aliphatic rings. The van der Waals surface area contributed by atoms with E-state index in [4.69, 9.17) is 11.6 Å². The van der Waals surface area contributed by atoms with Gasteiger partial charge in [-0.1, -0.05) is 17.7 Å². The summed E-state index contributed by atoms with van der Waals surface area (Å²) in [6.45, 7) is 0.00497. The van der Waals surface area contributed by atoms with Crippen molar-refractivity contribution < 1.29 is 18.0 Å². The minimum atomic E-state index is -3.26. The van der Waals surface area contributed by atoms with Crippen LogP contribution >= 0.6 is 11.6 Å². The molecule has 0 unspecified atom stereocenters. The minimum absolute atomic E-state index is 0.00497. The van der Waals surface area contributed by atoms with E-state index < -0.39 is 21.8 Å². The van der Waals surface area contributed by atoms with Crippen LogP contribution in [-0.4, -0.2) is 46.8 Å². The molecule has 3 rings (SSSR count). The van der Waals surface area contributed by atoms with Crippen LogP contribution in [0.15, 0.2) is 42.6 Å². The summed E-state index contributed by atoms with van der Waals surface area (Å²) in [4.78, 5) is 32.5. The Balaban J connectivity index is 1.54. The quantitative estimate of drug-likeness (QED) is 0.416. The number of benzene rings is 1. The number of rotatable bonds is 7. The molecule has 0 bridgehead atoms. The van der Waals surface area contributed by atoms with Crippen LogP contribution in [0, 0.1) is 0 Å². The number of nitrogens with one attached hydrogen (secondary N) is 4. The van der Waals surface area contributed by atoms with Crippen molar-refractivity contribution in [1.29, 1.82) is 0 Å². The Morgan fingerprint density at radius 3 is 2.68 bits per heavy atom. The molecule has 0 atom stereocenters. The van der Waals surface area contributed by atoms with Crippen LogP contribution in [-0.2, 0) is 22.1 Å². The lowest BCUT2D eigenvalue weighted by molar-refractivity contribution is 0.102. The summed E-state index contributed by atoms with van der Waals surface area (Å²) in [7, 11) is -3.26. The molecule has 0 saturated heterocycles. The highest BCUT2D eigenvalue weighted by Gasteiger charge is 2.12. The zero-order valence-corrected chi connectivity index (χ0v) is 17.8. The topological polar surface area (TPSA) is 159 Å². The fourth-order valence-electron chi connectivity index (χ4n) is 2.43. The lowest BCUT2D eigenvalue weighted by atomic mass is 10.2. The molecule has 4 N–H and O–H groups in total. The number of urea groups is 1. The molecule has 0 spiro atoms. The Hall–Kier alpha value is -3.51. The van der Waals surface area contributed by atoms with Crippen molar-refractivity contribution in [1.82, 2.24) is 25.5 Å². The van der Waals surface area contributed by atoms with E-state index in [1.807, 2.05) is 0 Å². The molecule has 162 valence electrons. The largest absolute Gasteiger partial charge is 0.331 e. The number of halogens is 1. The van der Waals surface area contributed by atoms with Crippen molar-refractivity contribution in [2.75, 3.05) is 16.9 Å². The van der Waals surface area contributed by atoms with Gasteiger partial charge in [-0.05, 0) is 30.3 Å². The molecular weight excluding hydrogens is 446 g/mol. The number of hydrogen-bond acceptors (Lipinski definition) is 7. The minimum Gasteiger partial charge on any atom is -0.331 e. The number of aromatic nitrogens is 4. The predicted octanol–water partition coefficient (Wildman–Crippen LogP) is 1.97. The van der Waals surface area contributed by atoms with Crippen molar-refractivity contribution in [3.05, 3.63) is 64.8 Å². The van der Waals surface area contributed by atoms with Gasteiger partial charge in [-0.3, -0.25) is 9.89 Å². The molecule has 2 heterocycles. The van der Waals surface area contributed by atoms with Crippen LogP contribution in [0.2, 0.25) is 5.02 Å². The van der Waals surface area contributed by atoms with Crippen LogP contribution in [0.1, 0.15) is 22.0 Å². The van der Waals surface area contributed by atoms with E-state index in [2.05, 4.69) is 36.1 Å². The number of pyridine rings is 1. The van der Waals surface area contributed by atoms with Gasteiger partial charge >= 0.3 is 6.03 Å². The van der Waals surface area contributed by atoms with Gasteiger partial charge in [-0.2, -0.15) is 5.10 Å². The van der Waals surface area contributed by atoms with Gasteiger partial charge in [-0.15, -0.1) is 0 Å². The number of nitrogens with zero attached hydrogens (tertiary/aromatic N) is 3. The lowest BCUT2D eigenvalue weighted by Crippen LogP contribution is -2.28. The number of hydrogen-bond donors (Lipinski definition) is 4. The smallest absolute Gasteiger partial charge is 0.319 e. The molecule has 0 fully saturated rings. The normalized spacial score (nSPS) is 11.0. The number of carbonyl (C=O) groups excluding carboxylic acids is 2. The van der Waals surface area contributed by atoms with Gasteiger partial charge in [0.2, 0.25) is 0 Å². The first-order valence-electron chi connectivity index (χ1n) is 8.84. The molecular formula is C18H18ClN7O4S. The molecule has 3 amide bonds. The third-order valence-corrected chi connectivity index (χ3v) is 4.74. The molecule has 0 saturated carbocycles. The summed E-state index contributed by atoms with van der Waals surface area (Å²) in [6.07, 6.45) is 2.49. The second kappa shape index (κ2) is 9.53. The second-order valence-electron chi connectivity index (χ2n) is 6.47. The van der Waals surface area contributed by atoms with Crippen LogP contribution in [0.4, 0.5) is 16.3 Å². The number of anilines is 2. The number of aromatic amines is 1. The molecule has 1 aromatic carbocycles. The first-order valence-corrected chi connectivity index (χ1v) is 11.3. The van der Waals surface area contributed by atoms with Gasteiger partial charge in [0.15, 0.2) is 15.7 Å². The van der Waals surface area contributed by atoms with Gasteiger partial charge in [0.25, 0.3) is 5.91 Å². The Morgan fingerprint density at radius 2 is 1.97 bits per heavy atom. The number of sulfone groups is 1. The van der Waals surface area contributed by atoms with E-state index in [1.54, 1.807) is 30.3 Å². The lowest BCUT2D eigenvalue weighted by Gasteiger charge is -2.09. The summed E-state index contributed by atoms with van der Waals surface area (Å²) in [5.41, 5.74) is 0.708. The molecule has 0 aliphatic carbocycles. The average Bonchev–Trinajstić information content (AvgIpc) is 3.14. The molecule has 3 aromatic rings. The van der Waals surface area contributed by atoms with Crippen molar-refractivity contribution >= 4 is 44.9 Å². The monoisotopic (exact) mass is 463 g/mol. The van der Waals surface area contributed by atoms with Gasteiger partial charge in [0, 0.05) is 23.7 Å². The Morgan fingerprint density at radius 1 is 1.16 bits per heavy atom. The Kier molecular flexibility index (Phi) is 6.82. The van der Waals surface area contributed by atoms with Crippen molar-refractivity contribution in [3.63, 3.8) is 0 Å². The standard InChI is InChI=1S/C18H18ClN7O4S/c1-31(29,30)10-16-23-15(25-26-16)9-21-18(28)22-13-4-2-3-11(7-13)17(27)24-14-6-5-12(19)8-20-14/h2-8H,9-10H2,1H3,(H,20,24,27)(H2,21,22,28)(H,23,25,26). The average molecular weight is 464 g/mol. The van der Waals surface area contributed by atoms with E-state index in [-0.39, 0.29) is 18.1 Å². The Bertz CT molecular complexity index is 1200. The van der Waals surface area contributed by atoms with Crippen LogP contribution < -0.4 is 16.0 Å². The molecule has 13 heteroatoms. The summed E-state index contributed by atoms with van der Waals surface area (Å²) in [5, 5.41) is 14.6. The zero-order valence-electron chi connectivity index (χ0n) is 16.2. The summed E-state index contributed by atoms with van der Waals surface area (Å²) < 4.78 is 22.5. The predicted molar refractivity (Wildman–Crippen MR) is 114 cm³/mol. The zero-order chi connectivity index (χ0) is 22.4. The number of H-pyrrole nitrogens is 1. The van der Waals surface area contributed by atoms with Gasteiger partial charge in [-0.25, -0.2) is 23.2 Å². The molecule has 2 aromatic heterocycles. The maximum Gasteiger partial charge on any atom is 0.319 e. The highest BCUT2D eigenvalue weighted by atomic mass is 35.5. The van der Waals surface area contributed by atoms with E-state index in [9.17, 15) is 18.0 Å². The molecule has 0 radical (unpaired) electrons. The van der Waals surface area contributed by atoms with Crippen molar-refractivity contribution in [3.8, 4) is 0 Å². The fraction of sp³-hybridized carbons (Fsp3) is 0.167. The van der Waals surface area contributed by atoms with E-state index in [0.717, 1.165) is 6.26 Å². The summed E-state index contributed by atoms with van der Waals surface area (Å²) in [6, 6.07) is 8.96. The van der Waals surface area contributed by atoms with E-state index in [0.29, 0.717) is 27.9 Å². The van der Waals surface area contributed by atoms with E-state index >= 15 is 0 Å². The van der Waals surface area contributed by atoms with E-state index in [1.165, 1.54) is 12.3 Å². The second-order valence-corrected chi connectivity index (χ2v) is 9.05. The SMILES string of the molecule is CS(=O)(=O)Cc1n[nH]c(CNC(=O)Nc2cccc(C(=O)Nc3ccc(Cl)cn3)c2)n1. The van der Waals surface area contributed by atoms with Crippen LogP contribution in [0.25, 0.3) is 0 Å². The third kappa shape index (κ3) is 7.04. The Labute approximate surface area is 182 Å². The maximum atomic E-state index is 12.4. The van der Waals surface area contributed by atoms with Crippen LogP contribution in [0.5, 0.6) is 0 Å².